The molecule has 2 heterocycles. The molecule has 0 radical (unpaired) electrons. The van der Waals surface area contributed by atoms with Gasteiger partial charge in [0.1, 0.15) is 5.82 Å². The molecule has 0 unspecified atom stereocenters. The molecule has 15 heavy (non-hydrogen) atoms. The SMILES string of the molecule is Cc1cc(N2CCN(C)CC2)nc(F)n1. The summed E-state index contributed by atoms with van der Waals surface area (Å²) in [5.74, 6) is 0.702. The molecule has 1 fully saturated rings. The molecule has 1 aliphatic heterocycles. The molecule has 0 saturated carbocycles. The molecule has 0 spiro atoms. The van der Waals surface area contributed by atoms with Crippen LogP contribution in [0.5, 0.6) is 0 Å². The molecule has 1 saturated heterocycles. The Bertz CT molecular complexity index is 327. The predicted octanol–water partition coefficient (Wildman–Crippen LogP) is 0.676. The predicted molar refractivity (Wildman–Crippen MR) is 56.4 cm³/mol. The smallest absolute Gasteiger partial charge is 0.310 e. The summed E-state index contributed by atoms with van der Waals surface area (Å²) in [5.41, 5.74) is 0.677. The Balaban J connectivity index is 2.15. The van der Waals surface area contributed by atoms with Gasteiger partial charge in [-0.2, -0.15) is 9.37 Å². The quantitative estimate of drug-likeness (QED) is 0.638. The van der Waals surface area contributed by atoms with Crippen molar-refractivity contribution in [2.75, 3.05) is 38.1 Å². The highest BCUT2D eigenvalue weighted by Gasteiger charge is 2.16. The van der Waals surface area contributed by atoms with Gasteiger partial charge in [-0.1, -0.05) is 0 Å². The van der Waals surface area contributed by atoms with Crippen molar-refractivity contribution < 1.29 is 4.39 Å². The van der Waals surface area contributed by atoms with Gasteiger partial charge in [0.05, 0.1) is 0 Å². The number of rotatable bonds is 1. The molecule has 82 valence electrons. The number of halogens is 1. The molecule has 0 aliphatic carbocycles. The van der Waals surface area contributed by atoms with E-state index in [4.69, 9.17) is 0 Å². The van der Waals surface area contributed by atoms with Crippen molar-refractivity contribution in [3.05, 3.63) is 17.8 Å². The van der Waals surface area contributed by atoms with E-state index in [1.165, 1.54) is 0 Å². The van der Waals surface area contributed by atoms with Crippen LogP contribution in [0.2, 0.25) is 0 Å². The average Bonchev–Trinajstić information content (AvgIpc) is 2.17. The first-order valence-electron chi connectivity index (χ1n) is 5.10. The van der Waals surface area contributed by atoms with Crippen LogP contribution in [0, 0.1) is 13.0 Å². The maximum atomic E-state index is 13.0. The van der Waals surface area contributed by atoms with Gasteiger partial charge in [-0.25, -0.2) is 4.98 Å². The number of hydrogen-bond acceptors (Lipinski definition) is 4. The van der Waals surface area contributed by atoms with Crippen molar-refractivity contribution in [1.29, 1.82) is 0 Å². The molecule has 1 aromatic heterocycles. The highest BCUT2D eigenvalue weighted by Crippen LogP contribution is 2.13. The lowest BCUT2D eigenvalue weighted by atomic mass is 10.3. The third kappa shape index (κ3) is 2.41. The van der Waals surface area contributed by atoms with Gasteiger partial charge in [0.2, 0.25) is 0 Å². The lowest BCUT2D eigenvalue weighted by Gasteiger charge is -2.33. The number of hydrogen-bond donors (Lipinski definition) is 0. The van der Waals surface area contributed by atoms with E-state index in [1.807, 2.05) is 6.07 Å². The summed E-state index contributed by atoms with van der Waals surface area (Å²) in [7, 11) is 2.09. The Hall–Kier alpha value is -1.23. The Morgan fingerprint density at radius 1 is 1.20 bits per heavy atom. The van der Waals surface area contributed by atoms with Crippen LogP contribution in [0.25, 0.3) is 0 Å². The number of aryl methyl sites for hydroxylation is 1. The summed E-state index contributed by atoms with van der Waals surface area (Å²) in [6.07, 6.45) is -0.635. The zero-order valence-corrected chi connectivity index (χ0v) is 9.07. The minimum atomic E-state index is -0.635. The minimum absolute atomic E-state index is 0.635. The van der Waals surface area contributed by atoms with Crippen LogP contribution in [0.15, 0.2) is 6.07 Å². The second-order valence-electron chi connectivity index (χ2n) is 3.93. The Kier molecular flexibility index (Phi) is 2.81. The fourth-order valence-corrected chi connectivity index (χ4v) is 1.71. The van der Waals surface area contributed by atoms with Crippen LogP contribution in [0.1, 0.15) is 5.69 Å². The summed E-state index contributed by atoms with van der Waals surface area (Å²) in [5, 5.41) is 0. The summed E-state index contributed by atoms with van der Waals surface area (Å²) >= 11 is 0. The molecule has 0 bridgehead atoms. The van der Waals surface area contributed by atoms with Gasteiger partial charge in [0.15, 0.2) is 0 Å². The van der Waals surface area contributed by atoms with E-state index in [2.05, 4.69) is 26.8 Å². The molecular weight excluding hydrogens is 195 g/mol. The van der Waals surface area contributed by atoms with E-state index in [-0.39, 0.29) is 0 Å². The lowest BCUT2D eigenvalue weighted by Crippen LogP contribution is -2.44. The fourth-order valence-electron chi connectivity index (χ4n) is 1.71. The first-order valence-corrected chi connectivity index (χ1v) is 5.10. The Morgan fingerprint density at radius 2 is 1.87 bits per heavy atom. The van der Waals surface area contributed by atoms with Crippen molar-refractivity contribution in [1.82, 2.24) is 14.9 Å². The van der Waals surface area contributed by atoms with E-state index in [9.17, 15) is 4.39 Å². The van der Waals surface area contributed by atoms with Gasteiger partial charge in [0, 0.05) is 37.9 Å². The van der Waals surface area contributed by atoms with Crippen LogP contribution in [0.3, 0.4) is 0 Å². The zero-order valence-electron chi connectivity index (χ0n) is 9.07. The molecule has 1 aliphatic rings. The van der Waals surface area contributed by atoms with E-state index in [0.717, 1.165) is 26.2 Å². The van der Waals surface area contributed by atoms with Gasteiger partial charge < -0.3 is 9.80 Å². The third-order valence-corrected chi connectivity index (χ3v) is 2.64. The topological polar surface area (TPSA) is 32.3 Å². The minimum Gasteiger partial charge on any atom is -0.354 e. The molecule has 5 heteroatoms. The summed E-state index contributed by atoms with van der Waals surface area (Å²) < 4.78 is 13.0. The lowest BCUT2D eigenvalue weighted by molar-refractivity contribution is 0.311. The van der Waals surface area contributed by atoms with Crippen LogP contribution >= 0.6 is 0 Å². The maximum Gasteiger partial charge on any atom is 0.310 e. The third-order valence-electron chi connectivity index (χ3n) is 2.64. The van der Waals surface area contributed by atoms with E-state index < -0.39 is 6.08 Å². The van der Waals surface area contributed by atoms with Gasteiger partial charge >= 0.3 is 6.08 Å². The first-order chi connectivity index (χ1) is 7.15. The average molecular weight is 210 g/mol. The molecule has 4 nitrogen and oxygen atoms in total. The summed E-state index contributed by atoms with van der Waals surface area (Å²) in [6.45, 7) is 5.55. The van der Waals surface area contributed by atoms with Crippen LogP contribution in [-0.2, 0) is 0 Å². The molecule has 1 aromatic rings. The first kappa shape index (κ1) is 10.3. The summed E-state index contributed by atoms with van der Waals surface area (Å²) in [6, 6.07) is 1.83. The van der Waals surface area contributed by atoms with Gasteiger partial charge in [-0.3, -0.25) is 0 Å². The monoisotopic (exact) mass is 210 g/mol. The van der Waals surface area contributed by atoms with E-state index in [0.29, 0.717) is 11.5 Å². The molecule has 0 aromatic carbocycles. The number of likely N-dealkylation sites (N-methyl/N-ethyl adjacent to an activating group) is 1. The largest absolute Gasteiger partial charge is 0.354 e. The highest BCUT2D eigenvalue weighted by atomic mass is 19.1. The van der Waals surface area contributed by atoms with Crippen molar-refractivity contribution >= 4 is 5.82 Å². The molecule has 0 amide bonds. The standard InChI is InChI=1S/C10H15FN4/c1-8-7-9(13-10(11)12-8)15-5-3-14(2)4-6-15/h7H,3-6H2,1-2H3. The van der Waals surface area contributed by atoms with E-state index >= 15 is 0 Å². The summed E-state index contributed by atoms with van der Waals surface area (Å²) in [4.78, 5) is 11.8. The van der Waals surface area contributed by atoms with E-state index in [1.54, 1.807) is 6.92 Å². The maximum absolute atomic E-state index is 13.0. The van der Waals surface area contributed by atoms with Gasteiger partial charge in [-0.05, 0) is 14.0 Å². The van der Waals surface area contributed by atoms with Gasteiger partial charge in [0.25, 0.3) is 0 Å². The Morgan fingerprint density at radius 3 is 2.47 bits per heavy atom. The number of nitrogens with zero attached hydrogens (tertiary/aromatic N) is 4. The van der Waals surface area contributed by atoms with Crippen molar-refractivity contribution in [2.24, 2.45) is 0 Å². The van der Waals surface area contributed by atoms with Crippen molar-refractivity contribution in [2.45, 2.75) is 6.92 Å². The molecule has 0 N–H and O–H groups in total. The molecular formula is C10H15FN4. The second kappa shape index (κ2) is 4.10. The number of piperazine rings is 1. The fraction of sp³-hybridized carbons (Fsp3) is 0.600. The van der Waals surface area contributed by atoms with Gasteiger partial charge in [-0.15, -0.1) is 0 Å². The Labute approximate surface area is 88.7 Å². The normalized spacial score (nSPS) is 18.2. The van der Waals surface area contributed by atoms with Crippen LogP contribution < -0.4 is 4.90 Å². The van der Waals surface area contributed by atoms with Crippen molar-refractivity contribution in [3.8, 4) is 0 Å². The molecule has 2 rings (SSSR count). The number of aromatic nitrogens is 2. The number of anilines is 1. The van der Waals surface area contributed by atoms with Crippen molar-refractivity contribution in [3.63, 3.8) is 0 Å². The highest BCUT2D eigenvalue weighted by molar-refractivity contribution is 5.39. The second-order valence-corrected chi connectivity index (χ2v) is 3.93. The zero-order chi connectivity index (χ0) is 10.8. The van der Waals surface area contributed by atoms with Crippen LogP contribution in [-0.4, -0.2) is 48.1 Å². The van der Waals surface area contributed by atoms with Crippen LogP contribution in [0.4, 0.5) is 10.2 Å². The molecule has 0 atom stereocenters.